The molecule has 28 heavy (non-hydrogen) atoms. The van der Waals surface area contributed by atoms with Crippen LogP contribution in [0.25, 0.3) is 21.5 Å². The van der Waals surface area contributed by atoms with E-state index in [1.807, 2.05) is 6.92 Å². The van der Waals surface area contributed by atoms with Gasteiger partial charge >= 0.3 is 0 Å². The highest BCUT2D eigenvalue weighted by atomic mass is 16.5. The number of ether oxygens (including phenoxy) is 2. The summed E-state index contributed by atoms with van der Waals surface area (Å²) in [5.41, 5.74) is -2.04. The molecule has 0 fully saturated rings. The van der Waals surface area contributed by atoms with Gasteiger partial charge in [-0.3, -0.25) is 28.3 Å². The fourth-order valence-corrected chi connectivity index (χ4v) is 3.20. The summed E-state index contributed by atoms with van der Waals surface area (Å²) in [6.07, 6.45) is 0.834. The van der Waals surface area contributed by atoms with Gasteiger partial charge in [-0.15, -0.1) is 0 Å². The third-order valence-corrected chi connectivity index (χ3v) is 4.56. The zero-order valence-corrected chi connectivity index (χ0v) is 15.6. The lowest BCUT2D eigenvalue weighted by Gasteiger charge is -2.01. The van der Waals surface area contributed by atoms with Crippen molar-refractivity contribution < 1.29 is 14.6 Å². The summed E-state index contributed by atoms with van der Waals surface area (Å²) in [5, 5.41) is 9.17. The van der Waals surface area contributed by atoms with Crippen molar-refractivity contribution in [2.75, 3.05) is 33.0 Å². The predicted octanol–water partition coefficient (Wildman–Crippen LogP) is -0.652. The largest absolute Gasteiger partial charge is 0.394 e. The minimum absolute atomic E-state index is 0.0276. The van der Waals surface area contributed by atoms with Crippen molar-refractivity contribution in [1.82, 2.24) is 9.13 Å². The second-order valence-electron chi connectivity index (χ2n) is 6.42. The molecule has 150 valence electrons. The number of fused-ring (bicyclic) bond motifs is 2. The van der Waals surface area contributed by atoms with E-state index in [4.69, 9.17) is 14.6 Å². The van der Waals surface area contributed by atoms with E-state index in [-0.39, 0.29) is 61.1 Å². The maximum Gasteiger partial charge on any atom is 0.261 e. The van der Waals surface area contributed by atoms with Crippen LogP contribution in [0.2, 0.25) is 0 Å². The molecule has 3 rings (SSSR count). The molecule has 3 aromatic rings. The third kappa shape index (κ3) is 3.56. The van der Waals surface area contributed by atoms with Crippen molar-refractivity contribution in [3.8, 4) is 0 Å². The van der Waals surface area contributed by atoms with Crippen molar-refractivity contribution in [1.29, 1.82) is 0 Å². The molecule has 0 saturated carbocycles. The van der Waals surface area contributed by atoms with Crippen LogP contribution in [0.15, 0.2) is 31.3 Å². The SMILES string of the molecule is CCCOCCn1c(=O)c2cc3c(=O)n(CCOCCO)c(=O)c3cc2c1=O. The van der Waals surface area contributed by atoms with Crippen LogP contribution in [-0.2, 0) is 22.6 Å². The van der Waals surface area contributed by atoms with Crippen molar-refractivity contribution in [3.05, 3.63) is 53.5 Å². The highest BCUT2D eigenvalue weighted by molar-refractivity contribution is 5.97. The van der Waals surface area contributed by atoms with E-state index in [9.17, 15) is 19.2 Å². The summed E-state index contributed by atoms with van der Waals surface area (Å²) in [5.74, 6) is 0. The summed E-state index contributed by atoms with van der Waals surface area (Å²) in [6, 6.07) is 2.65. The topological polar surface area (TPSA) is 117 Å². The molecule has 9 nitrogen and oxygen atoms in total. The first-order valence-corrected chi connectivity index (χ1v) is 9.18. The van der Waals surface area contributed by atoms with Crippen LogP contribution < -0.4 is 22.2 Å². The van der Waals surface area contributed by atoms with Gasteiger partial charge in [0.15, 0.2) is 0 Å². The Kier molecular flexibility index (Phi) is 6.18. The monoisotopic (exact) mass is 390 g/mol. The van der Waals surface area contributed by atoms with E-state index in [0.717, 1.165) is 15.6 Å². The van der Waals surface area contributed by atoms with E-state index in [1.54, 1.807) is 0 Å². The fraction of sp³-hybridized carbons (Fsp3) is 0.474. The van der Waals surface area contributed by atoms with E-state index in [0.29, 0.717) is 6.61 Å². The fourth-order valence-electron chi connectivity index (χ4n) is 3.20. The summed E-state index contributed by atoms with van der Waals surface area (Å²) >= 11 is 0. The Morgan fingerprint density at radius 1 is 0.714 bits per heavy atom. The summed E-state index contributed by atoms with van der Waals surface area (Å²) < 4.78 is 12.5. The van der Waals surface area contributed by atoms with Crippen LogP contribution in [0.1, 0.15) is 13.3 Å². The molecule has 9 heteroatoms. The van der Waals surface area contributed by atoms with Gasteiger partial charge < -0.3 is 14.6 Å². The van der Waals surface area contributed by atoms with Gasteiger partial charge in [0.2, 0.25) is 0 Å². The van der Waals surface area contributed by atoms with Gasteiger partial charge in [-0.05, 0) is 18.6 Å². The zero-order chi connectivity index (χ0) is 20.3. The zero-order valence-electron chi connectivity index (χ0n) is 15.6. The van der Waals surface area contributed by atoms with Gasteiger partial charge in [0.05, 0.1) is 61.1 Å². The first kappa shape index (κ1) is 20.1. The number of aliphatic hydroxyl groups excluding tert-OH is 1. The average Bonchev–Trinajstić information content (AvgIpc) is 3.07. The van der Waals surface area contributed by atoms with Crippen LogP contribution in [0, 0.1) is 0 Å². The molecule has 0 spiro atoms. The lowest BCUT2D eigenvalue weighted by atomic mass is 10.1. The van der Waals surface area contributed by atoms with Gasteiger partial charge in [-0.25, -0.2) is 0 Å². The maximum absolute atomic E-state index is 12.6. The van der Waals surface area contributed by atoms with Gasteiger partial charge in [-0.1, -0.05) is 6.92 Å². The van der Waals surface area contributed by atoms with Gasteiger partial charge in [0, 0.05) is 6.61 Å². The number of aliphatic hydroxyl groups is 1. The minimum Gasteiger partial charge on any atom is -0.394 e. The Hall–Kier alpha value is -2.62. The molecule has 0 bridgehead atoms. The normalized spacial score (nSPS) is 11.8. The van der Waals surface area contributed by atoms with E-state index < -0.39 is 22.2 Å². The highest BCUT2D eigenvalue weighted by Crippen LogP contribution is 2.14. The molecule has 0 unspecified atom stereocenters. The van der Waals surface area contributed by atoms with Crippen molar-refractivity contribution in [3.63, 3.8) is 0 Å². The summed E-state index contributed by atoms with van der Waals surface area (Å²) in [7, 11) is 0. The molecule has 2 heterocycles. The average molecular weight is 390 g/mol. The molecule has 1 N–H and O–H groups in total. The van der Waals surface area contributed by atoms with Crippen LogP contribution in [-0.4, -0.2) is 47.3 Å². The predicted molar refractivity (Wildman–Crippen MR) is 104 cm³/mol. The Morgan fingerprint density at radius 3 is 1.46 bits per heavy atom. The summed E-state index contributed by atoms with van der Waals surface area (Å²) in [6.45, 7) is 2.93. The van der Waals surface area contributed by atoms with Crippen LogP contribution in [0.3, 0.4) is 0 Å². The number of rotatable bonds is 10. The Bertz CT molecular complexity index is 1010. The number of hydrogen-bond acceptors (Lipinski definition) is 7. The number of benzene rings is 1. The smallest absolute Gasteiger partial charge is 0.261 e. The molecule has 2 aromatic heterocycles. The Morgan fingerprint density at radius 2 is 1.11 bits per heavy atom. The van der Waals surface area contributed by atoms with Gasteiger partial charge in [-0.2, -0.15) is 0 Å². The number of hydrogen-bond donors (Lipinski definition) is 1. The van der Waals surface area contributed by atoms with Crippen molar-refractivity contribution in [2.24, 2.45) is 0 Å². The quantitative estimate of drug-likeness (QED) is 0.457. The highest BCUT2D eigenvalue weighted by Gasteiger charge is 2.19. The van der Waals surface area contributed by atoms with Crippen molar-refractivity contribution in [2.45, 2.75) is 26.4 Å². The van der Waals surface area contributed by atoms with Crippen molar-refractivity contribution >= 4 is 21.5 Å². The Balaban J connectivity index is 2.01. The molecule has 0 aliphatic rings. The number of nitrogens with zero attached hydrogens (tertiary/aromatic N) is 2. The summed E-state index contributed by atoms with van der Waals surface area (Å²) in [4.78, 5) is 50.3. The first-order chi connectivity index (χ1) is 13.5. The van der Waals surface area contributed by atoms with E-state index >= 15 is 0 Å². The first-order valence-electron chi connectivity index (χ1n) is 9.18. The second-order valence-corrected chi connectivity index (χ2v) is 6.42. The van der Waals surface area contributed by atoms with Gasteiger partial charge in [0.25, 0.3) is 22.2 Å². The minimum atomic E-state index is -0.527. The van der Waals surface area contributed by atoms with E-state index in [1.165, 1.54) is 12.1 Å². The molecule has 0 radical (unpaired) electrons. The third-order valence-electron chi connectivity index (χ3n) is 4.56. The maximum atomic E-state index is 12.6. The van der Waals surface area contributed by atoms with E-state index in [2.05, 4.69) is 0 Å². The molecule has 0 saturated heterocycles. The molecule has 0 aliphatic carbocycles. The standard InChI is InChI=1S/C19H22N2O7/c1-2-6-27-7-3-20-16(23)12-10-14-15(11-13(12)17(20)24)19(26)21(18(14)25)4-8-28-9-5-22/h10-11,22H,2-9H2,1H3. The van der Waals surface area contributed by atoms with Crippen LogP contribution in [0.5, 0.6) is 0 Å². The molecule has 0 amide bonds. The molecule has 0 atom stereocenters. The van der Waals surface area contributed by atoms with Crippen LogP contribution in [0.4, 0.5) is 0 Å². The second kappa shape index (κ2) is 8.59. The molecular formula is C19H22N2O7. The van der Waals surface area contributed by atoms with Crippen LogP contribution >= 0.6 is 0 Å². The molecule has 1 aromatic carbocycles. The molecule has 0 aliphatic heterocycles. The number of aromatic nitrogens is 2. The lowest BCUT2D eigenvalue weighted by molar-refractivity contribution is 0.0864. The lowest BCUT2D eigenvalue weighted by Crippen LogP contribution is -2.28. The molecular weight excluding hydrogens is 368 g/mol. The Labute approximate surface area is 159 Å². The van der Waals surface area contributed by atoms with Gasteiger partial charge in [0.1, 0.15) is 0 Å².